The van der Waals surface area contributed by atoms with Gasteiger partial charge in [-0.1, -0.05) is 30.3 Å². The van der Waals surface area contributed by atoms with Crippen LogP contribution in [-0.4, -0.2) is 29.3 Å². The van der Waals surface area contributed by atoms with Gasteiger partial charge in [-0.05, 0) is 54.8 Å². The summed E-state index contributed by atoms with van der Waals surface area (Å²) in [4.78, 5) is 26.7. The molecule has 1 aliphatic carbocycles. The molecule has 154 valence electrons. The highest BCUT2D eigenvalue weighted by atomic mass is 16.3. The van der Waals surface area contributed by atoms with E-state index in [0.29, 0.717) is 24.7 Å². The molecule has 1 aromatic heterocycles. The SMILES string of the molecule is O=C(CN(Cc1ccc(C(=O)NC2CC2)cc1)Cc1ccco1)Nc1ccccc1. The van der Waals surface area contributed by atoms with E-state index >= 15 is 0 Å². The minimum Gasteiger partial charge on any atom is -0.468 e. The maximum Gasteiger partial charge on any atom is 0.251 e. The maximum atomic E-state index is 12.6. The van der Waals surface area contributed by atoms with Crippen molar-refractivity contribution in [1.82, 2.24) is 10.2 Å². The van der Waals surface area contributed by atoms with Gasteiger partial charge >= 0.3 is 0 Å². The number of benzene rings is 2. The Labute approximate surface area is 175 Å². The van der Waals surface area contributed by atoms with E-state index in [0.717, 1.165) is 29.9 Å². The summed E-state index contributed by atoms with van der Waals surface area (Å²) in [5.41, 5.74) is 2.45. The Kier molecular flexibility index (Phi) is 6.25. The van der Waals surface area contributed by atoms with E-state index in [1.165, 1.54) is 0 Å². The van der Waals surface area contributed by atoms with Gasteiger partial charge in [-0.25, -0.2) is 0 Å². The summed E-state index contributed by atoms with van der Waals surface area (Å²) in [6, 6.07) is 21.0. The zero-order chi connectivity index (χ0) is 20.8. The van der Waals surface area contributed by atoms with Gasteiger partial charge in [0.15, 0.2) is 0 Å². The lowest BCUT2D eigenvalue weighted by atomic mass is 10.1. The van der Waals surface area contributed by atoms with Gasteiger partial charge in [0.2, 0.25) is 5.91 Å². The minimum atomic E-state index is -0.0896. The topological polar surface area (TPSA) is 74.6 Å². The number of nitrogens with one attached hydrogen (secondary N) is 2. The molecule has 30 heavy (non-hydrogen) atoms. The first-order valence-corrected chi connectivity index (χ1v) is 10.1. The summed E-state index contributed by atoms with van der Waals surface area (Å²) < 4.78 is 5.47. The first kappa shape index (κ1) is 19.9. The molecule has 2 amide bonds. The quantitative estimate of drug-likeness (QED) is 0.570. The van der Waals surface area contributed by atoms with Crippen molar-refractivity contribution in [2.45, 2.75) is 32.0 Å². The van der Waals surface area contributed by atoms with E-state index in [2.05, 4.69) is 10.6 Å². The second-order valence-electron chi connectivity index (χ2n) is 7.58. The van der Waals surface area contributed by atoms with Gasteiger partial charge in [0, 0.05) is 23.8 Å². The molecule has 0 radical (unpaired) electrons. The molecule has 1 saturated carbocycles. The number of para-hydroxylation sites is 1. The largest absolute Gasteiger partial charge is 0.468 e. The zero-order valence-electron chi connectivity index (χ0n) is 16.7. The van der Waals surface area contributed by atoms with Gasteiger partial charge in [0.25, 0.3) is 5.91 Å². The Hall–Kier alpha value is -3.38. The number of hydrogen-bond acceptors (Lipinski definition) is 4. The average Bonchev–Trinajstić information content (AvgIpc) is 3.41. The highest BCUT2D eigenvalue weighted by Crippen LogP contribution is 2.19. The Bertz CT molecular complexity index is 965. The fraction of sp³-hybridized carbons (Fsp3) is 0.250. The molecule has 0 unspecified atom stereocenters. The Morgan fingerprint density at radius 1 is 0.933 bits per heavy atom. The third kappa shape index (κ3) is 5.81. The molecule has 0 bridgehead atoms. The molecule has 2 aromatic carbocycles. The van der Waals surface area contributed by atoms with Crippen molar-refractivity contribution in [3.8, 4) is 0 Å². The zero-order valence-corrected chi connectivity index (χ0v) is 16.7. The van der Waals surface area contributed by atoms with Crippen LogP contribution < -0.4 is 10.6 Å². The number of hydrogen-bond donors (Lipinski definition) is 2. The van der Waals surface area contributed by atoms with Gasteiger partial charge in [0.05, 0.1) is 19.4 Å². The summed E-state index contributed by atoms with van der Waals surface area (Å²) in [7, 11) is 0. The molecular weight excluding hydrogens is 378 g/mol. The Morgan fingerprint density at radius 2 is 1.70 bits per heavy atom. The standard InChI is InChI=1S/C24H25N3O3/c28-23(25-20-5-2-1-3-6-20)17-27(16-22-7-4-14-30-22)15-18-8-10-19(11-9-18)24(29)26-21-12-13-21/h1-11,14,21H,12-13,15-17H2,(H,25,28)(H,26,29). The Balaban J connectivity index is 1.40. The monoisotopic (exact) mass is 403 g/mol. The molecule has 4 rings (SSSR count). The van der Waals surface area contributed by atoms with Crippen LogP contribution in [0.4, 0.5) is 5.69 Å². The van der Waals surface area contributed by atoms with Gasteiger partial charge < -0.3 is 15.1 Å². The predicted molar refractivity (Wildman–Crippen MR) is 115 cm³/mol. The van der Waals surface area contributed by atoms with Crippen molar-refractivity contribution in [1.29, 1.82) is 0 Å². The molecule has 1 aliphatic rings. The maximum absolute atomic E-state index is 12.6. The highest BCUT2D eigenvalue weighted by molar-refractivity contribution is 5.94. The van der Waals surface area contributed by atoms with Crippen LogP contribution in [0.25, 0.3) is 0 Å². The Morgan fingerprint density at radius 3 is 2.37 bits per heavy atom. The van der Waals surface area contributed by atoms with Gasteiger partial charge in [0.1, 0.15) is 5.76 Å². The van der Waals surface area contributed by atoms with Crippen molar-refractivity contribution < 1.29 is 14.0 Å². The number of carbonyl (C=O) groups excluding carboxylic acids is 2. The molecule has 2 N–H and O–H groups in total. The molecule has 0 spiro atoms. The fourth-order valence-corrected chi connectivity index (χ4v) is 3.23. The van der Waals surface area contributed by atoms with Crippen LogP contribution >= 0.6 is 0 Å². The molecule has 1 fully saturated rings. The van der Waals surface area contributed by atoms with Crippen LogP contribution in [0.5, 0.6) is 0 Å². The number of furan rings is 1. The summed E-state index contributed by atoms with van der Waals surface area (Å²) in [6.07, 6.45) is 3.76. The molecule has 6 nitrogen and oxygen atoms in total. The van der Waals surface area contributed by atoms with E-state index < -0.39 is 0 Å². The summed E-state index contributed by atoms with van der Waals surface area (Å²) in [5, 5.41) is 5.92. The number of rotatable bonds is 9. The van der Waals surface area contributed by atoms with Crippen molar-refractivity contribution >= 4 is 17.5 Å². The number of nitrogens with zero attached hydrogens (tertiary/aromatic N) is 1. The lowest BCUT2D eigenvalue weighted by Crippen LogP contribution is -2.32. The summed E-state index contributed by atoms with van der Waals surface area (Å²) in [6.45, 7) is 1.30. The number of anilines is 1. The second kappa shape index (κ2) is 9.41. The van der Waals surface area contributed by atoms with E-state index in [1.807, 2.05) is 71.6 Å². The third-order valence-electron chi connectivity index (χ3n) is 4.92. The first-order chi connectivity index (χ1) is 14.7. The van der Waals surface area contributed by atoms with Gasteiger partial charge in [-0.2, -0.15) is 0 Å². The lowest BCUT2D eigenvalue weighted by Gasteiger charge is -2.21. The van der Waals surface area contributed by atoms with Crippen molar-refractivity contribution in [3.05, 3.63) is 89.9 Å². The molecule has 1 heterocycles. The van der Waals surface area contributed by atoms with Crippen LogP contribution in [0.2, 0.25) is 0 Å². The van der Waals surface area contributed by atoms with Crippen LogP contribution in [0, 0.1) is 0 Å². The number of carbonyl (C=O) groups is 2. The van der Waals surface area contributed by atoms with Crippen LogP contribution in [0.1, 0.15) is 34.5 Å². The van der Waals surface area contributed by atoms with E-state index in [-0.39, 0.29) is 18.4 Å². The van der Waals surface area contributed by atoms with Gasteiger partial charge in [-0.3, -0.25) is 14.5 Å². The van der Waals surface area contributed by atoms with Crippen molar-refractivity contribution in [3.63, 3.8) is 0 Å². The first-order valence-electron chi connectivity index (χ1n) is 10.1. The molecule has 0 atom stereocenters. The summed E-state index contributed by atoms with van der Waals surface area (Å²) in [5.74, 6) is 0.676. The van der Waals surface area contributed by atoms with Crippen molar-refractivity contribution in [2.75, 3.05) is 11.9 Å². The average molecular weight is 403 g/mol. The van der Waals surface area contributed by atoms with E-state index in [9.17, 15) is 9.59 Å². The van der Waals surface area contributed by atoms with E-state index in [4.69, 9.17) is 4.42 Å². The van der Waals surface area contributed by atoms with Crippen LogP contribution in [0.15, 0.2) is 77.4 Å². The van der Waals surface area contributed by atoms with E-state index in [1.54, 1.807) is 6.26 Å². The summed E-state index contributed by atoms with van der Waals surface area (Å²) >= 11 is 0. The second-order valence-corrected chi connectivity index (χ2v) is 7.58. The molecule has 3 aromatic rings. The molecular formula is C24H25N3O3. The van der Waals surface area contributed by atoms with Crippen molar-refractivity contribution in [2.24, 2.45) is 0 Å². The minimum absolute atomic E-state index is 0.0290. The predicted octanol–water partition coefficient (Wildman–Crippen LogP) is 3.81. The third-order valence-corrected chi connectivity index (χ3v) is 4.92. The molecule has 6 heteroatoms. The molecule has 0 aliphatic heterocycles. The van der Waals surface area contributed by atoms with Gasteiger partial charge in [-0.15, -0.1) is 0 Å². The van der Waals surface area contributed by atoms with Crippen LogP contribution in [0.3, 0.4) is 0 Å². The molecule has 0 saturated heterocycles. The lowest BCUT2D eigenvalue weighted by molar-refractivity contribution is -0.117. The number of amides is 2. The fourth-order valence-electron chi connectivity index (χ4n) is 3.23. The normalized spacial score (nSPS) is 13.2. The highest BCUT2D eigenvalue weighted by Gasteiger charge is 2.23. The van der Waals surface area contributed by atoms with Crippen LogP contribution in [-0.2, 0) is 17.9 Å². The smallest absolute Gasteiger partial charge is 0.251 e.